The van der Waals surface area contributed by atoms with Gasteiger partial charge in [-0.3, -0.25) is 0 Å². The summed E-state index contributed by atoms with van der Waals surface area (Å²) in [5.74, 6) is 3.04. The Kier molecular flexibility index (Phi) is 3.39. The maximum Gasteiger partial charge on any atom is 0.139 e. The van der Waals surface area contributed by atoms with E-state index in [0.717, 1.165) is 5.75 Å². The normalized spacial score (nSPS) is 13.0. The number of benzene rings is 1. The Morgan fingerprint density at radius 2 is 1.80 bits per heavy atom. The van der Waals surface area contributed by atoms with E-state index < -0.39 is 6.10 Å². The zero-order valence-corrected chi connectivity index (χ0v) is 9.32. The number of hydrogen-bond acceptors (Lipinski definition) is 2. The largest absolute Gasteiger partial charge is 0.488 e. The van der Waals surface area contributed by atoms with Crippen molar-refractivity contribution in [2.24, 2.45) is 0 Å². The van der Waals surface area contributed by atoms with Crippen LogP contribution in [0.4, 0.5) is 0 Å². The number of rotatable bonds is 2. The van der Waals surface area contributed by atoms with Crippen LogP contribution in [-0.2, 0) is 0 Å². The molecule has 0 spiro atoms. The molecule has 1 aromatic carbocycles. The second kappa shape index (κ2) is 4.37. The first-order chi connectivity index (χ1) is 6.92. The number of ether oxygens (including phenoxy) is 1. The predicted molar refractivity (Wildman–Crippen MR) is 60.6 cm³/mol. The third kappa shape index (κ3) is 3.65. The fourth-order valence-electron chi connectivity index (χ4n) is 1.17. The number of aliphatic hydroxyl groups is 1. The fraction of sp³-hybridized carbons (Fsp3) is 0.385. The molecule has 0 aromatic heterocycles. The number of aliphatic hydroxyl groups excluding tert-OH is 1. The summed E-state index contributed by atoms with van der Waals surface area (Å²) in [6.07, 6.45) is 4.27. The van der Waals surface area contributed by atoms with E-state index in [9.17, 15) is 5.11 Å². The molecule has 0 aliphatic rings. The van der Waals surface area contributed by atoms with Crippen LogP contribution in [0, 0.1) is 12.3 Å². The highest BCUT2D eigenvalue weighted by Crippen LogP contribution is 2.20. The second-order valence-corrected chi connectivity index (χ2v) is 4.35. The molecule has 0 aliphatic heterocycles. The summed E-state index contributed by atoms with van der Waals surface area (Å²) in [6, 6.07) is 7.15. The lowest BCUT2D eigenvalue weighted by Gasteiger charge is -2.21. The second-order valence-electron chi connectivity index (χ2n) is 4.35. The van der Waals surface area contributed by atoms with Crippen LogP contribution in [0.15, 0.2) is 24.3 Å². The van der Waals surface area contributed by atoms with Crippen molar-refractivity contribution >= 4 is 0 Å². The van der Waals surface area contributed by atoms with Gasteiger partial charge in [0, 0.05) is 0 Å². The van der Waals surface area contributed by atoms with Crippen LogP contribution >= 0.6 is 0 Å². The van der Waals surface area contributed by atoms with Crippen LogP contribution in [0.2, 0.25) is 0 Å². The van der Waals surface area contributed by atoms with Crippen LogP contribution in [-0.4, -0.2) is 10.7 Å². The van der Waals surface area contributed by atoms with E-state index in [1.165, 1.54) is 0 Å². The molecule has 1 rings (SSSR count). The minimum Gasteiger partial charge on any atom is -0.488 e. The summed E-state index contributed by atoms with van der Waals surface area (Å²) in [4.78, 5) is 0. The Morgan fingerprint density at radius 3 is 2.20 bits per heavy atom. The van der Waals surface area contributed by atoms with Crippen molar-refractivity contribution in [1.82, 2.24) is 0 Å². The van der Waals surface area contributed by atoms with Gasteiger partial charge in [0.15, 0.2) is 0 Å². The van der Waals surface area contributed by atoms with Crippen LogP contribution in [0.25, 0.3) is 0 Å². The fourth-order valence-corrected chi connectivity index (χ4v) is 1.17. The first kappa shape index (κ1) is 11.6. The van der Waals surface area contributed by atoms with Crippen molar-refractivity contribution in [1.29, 1.82) is 0 Å². The molecule has 0 heterocycles. The van der Waals surface area contributed by atoms with Crippen molar-refractivity contribution in [3.05, 3.63) is 29.8 Å². The first-order valence-corrected chi connectivity index (χ1v) is 4.85. The van der Waals surface area contributed by atoms with E-state index in [4.69, 9.17) is 11.2 Å². The molecule has 0 fully saturated rings. The Bertz CT molecular complexity index is 352. The van der Waals surface area contributed by atoms with Gasteiger partial charge in [0.05, 0.1) is 0 Å². The van der Waals surface area contributed by atoms with Gasteiger partial charge in [0.1, 0.15) is 17.5 Å². The average Bonchev–Trinajstić information content (AvgIpc) is 2.15. The molecule has 15 heavy (non-hydrogen) atoms. The third-order valence-electron chi connectivity index (χ3n) is 1.78. The van der Waals surface area contributed by atoms with E-state index >= 15 is 0 Å². The maximum atomic E-state index is 9.38. The minimum atomic E-state index is -0.839. The Hall–Kier alpha value is -1.46. The molecule has 1 atom stereocenters. The van der Waals surface area contributed by atoms with E-state index in [1.54, 1.807) is 24.3 Å². The van der Waals surface area contributed by atoms with Crippen molar-refractivity contribution in [2.45, 2.75) is 32.5 Å². The smallest absolute Gasteiger partial charge is 0.139 e. The van der Waals surface area contributed by atoms with Crippen LogP contribution in [0.5, 0.6) is 5.75 Å². The SMILES string of the molecule is C#CC(O)c1ccc(OC(C)(C)C)cc1. The van der Waals surface area contributed by atoms with E-state index in [0.29, 0.717) is 5.56 Å². The van der Waals surface area contributed by atoms with E-state index in [1.807, 2.05) is 20.8 Å². The van der Waals surface area contributed by atoms with E-state index in [2.05, 4.69) is 5.92 Å². The third-order valence-corrected chi connectivity index (χ3v) is 1.78. The molecule has 2 heteroatoms. The quantitative estimate of drug-likeness (QED) is 0.750. The lowest BCUT2D eigenvalue weighted by molar-refractivity contribution is 0.131. The molecule has 0 amide bonds. The van der Waals surface area contributed by atoms with Gasteiger partial charge in [-0.1, -0.05) is 18.1 Å². The molecule has 1 N–H and O–H groups in total. The highest BCUT2D eigenvalue weighted by molar-refractivity contribution is 5.31. The highest BCUT2D eigenvalue weighted by Gasteiger charge is 2.11. The van der Waals surface area contributed by atoms with Crippen molar-refractivity contribution in [2.75, 3.05) is 0 Å². The standard InChI is InChI=1S/C13H16O2/c1-5-12(14)10-6-8-11(9-7-10)15-13(2,3)4/h1,6-9,12,14H,2-4H3. The van der Waals surface area contributed by atoms with Crippen molar-refractivity contribution in [3.8, 4) is 18.1 Å². The maximum absolute atomic E-state index is 9.38. The molecule has 1 aromatic rings. The Labute approximate surface area is 90.9 Å². The van der Waals surface area contributed by atoms with Crippen molar-refractivity contribution in [3.63, 3.8) is 0 Å². The van der Waals surface area contributed by atoms with Gasteiger partial charge in [-0.15, -0.1) is 6.42 Å². The summed E-state index contributed by atoms with van der Waals surface area (Å²) in [5, 5.41) is 9.38. The van der Waals surface area contributed by atoms with Gasteiger partial charge in [0.25, 0.3) is 0 Å². The molecule has 0 saturated heterocycles. The van der Waals surface area contributed by atoms with Gasteiger partial charge in [-0.05, 0) is 38.5 Å². The lowest BCUT2D eigenvalue weighted by Crippen LogP contribution is -2.22. The molecule has 0 radical (unpaired) electrons. The molecular weight excluding hydrogens is 188 g/mol. The monoisotopic (exact) mass is 204 g/mol. The van der Waals surface area contributed by atoms with Gasteiger partial charge in [0.2, 0.25) is 0 Å². The summed E-state index contributed by atoms with van der Waals surface area (Å²) < 4.78 is 5.64. The number of terminal acetylenes is 1. The molecule has 0 bridgehead atoms. The Morgan fingerprint density at radius 1 is 1.27 bits per heavy atom. The van der Waals surface area contributed by atoms with Gasteiger partial charge in [-0.2, -0.15) is 0 Å². The molecule has 0 saturated carbocycles. The summed E-state index contributed by atoms with van der Waals surface area (Å²) in [7, 11) is 0. The summed E-state index contributed by atoms with van der Waals surface area (Å²) in [5.41, 5.74) is 0.491. The van der Waals surface area contributed by atoms with Gasteiger partial charge in [-0.25, -0.2) is 0 Å². The molecular formula is C13H16O2. The number of hydrogen-bond donors (Lipinski definition) is 1. The lowest BCUT2D eigenvalue weighted by atomic mass is 10.1. The molecule has 2 nitrogen and oxygen atoms in total. The highest BCUT2D eigenvalue weighted by atomic mass is 16.5. The first-order valence-electron chi connectivity index (χ1n) is 4.85. The van der Waals surface area contributed by atoms with Crippen LogP contribution < -0.4 is 4.74 Å². The summed E-state index contributed by atoms with van der Waals surface area (Å²) in [6.45, 7) is 5.95. The van der Waals surface area contributed by atoms with Gasteiger partial charge >= 0.3 is 0 Å². The van der Waals surface area contributed by atoms with Gasteiger partial charge < -0.3 is 9.84 Å². The van der Waals surface area contributed by atoms with E-state index in [-0.39, 0.29) is 5.60 Å². The molecule has 0 aliphatic carbocycles. The summed E-state index contributed by atoms with van der Waals surface area (Å²) >= 11 is 0. The average molecular weight is 204 g/mol. The van der Waals surface area contributed by atoms with Crippen molar-refractivity contribution < 1.29 is 9.84 Å². The minimum absolute atomic E-state index is 0.216. The predicted octanol–water partition coefficient (Wildman–Crippen LogP) is 2.53. The van der Waals surface area contributed by atoms with Crippen LogP contribution in [0.3, 0.4) is 0 Å². The zero-order valence-electron chi connectivity index (χ0n) is 9.32. The van der Waals surface area contributed by atoms with Crippen LogP contribution in [0.1, 0.15) is 32.4 Å². The molecule has 1 unspecified atom stereocenters. The zero-order chi connectivity index (χ0) is 11.5. The topological polar surface area (TPSA) is 29.5 Å². The molecule has 80 valence electrons. The Balaban J connectivity index is 2.78.